The first kappa shape index (κ1) is 22.4. The molecule has 4 rings (SSSR count). The first-order chi connectivity index (χ1) is 15.5. The molecular weight excluding hydrogens is 408 g/mol. The van der Waals surface area contributed by atoms with Crippen molar-refractivity contribution in [2.75, 3.05) is 32.8 Å². The molecule has 1 unspecified atom stereocenters. The fraction of sp³-hybridized carbons (Fsp3) is 0.458. The summed E-state index contributed by atoms with van der Waals surface area (Å²) in [6.45, 7) is 1.85. The zero-order valence-electron chi connectivity index (χ0n) is 18.1. The van der Waals surface area contributed by atoms with Crippen molar-refractivity contribution in [1.29, 1.82) is 0 Å². The van der Waals surface area contributed by atoms with Gasteiger partial charge in [-0.25, -0.2) is 4.79 Å². The van der Waals surface area contributed by atoms with Crippen molar-refractivity contribution >= 4 is 11.9 Å². The lowest BCUT2D eigenvalue weighted by atomic mass is 9.85. The van der Waals surface area contributed by atoms with Crippen molar-refractivity contribution in [3.63, 3.8) is 0 Å². The van der Waals surface area contributed by atoms with Crippen LogP contribution in [0.2, 0.25) is 0 Å². The molecule has 1 aromatic carbocycles. The van der Waals surface area contributed by atoms with Crippen LogP contribution in [0.25, 0.3) is 0 Å². The van der Waals surface area contributed by atoms with Gasteiger partial charge in [-0.1, -0.05) is 36.4 Å². The molecule has 2 aliphatic heterocycles. The monoisotopic (exact) mass is 438 g/mol. The maximum Gasteiger partial charge on any atom is 0.328 e. The molecule has 2 N–H and O–H groups in total. The van der Waals surface area contributed by atoms with E-state index in [0.717, 1.165) is 5.56 Å². The smallest absolute Gasteiger partial charge is 0.328 e. The Morgan fingerprint density at radius 2 is 1.75 bits per heavy atom. The van der Waals surface area contributed by atoms with Gasteiger partial charge in [0.1, 0.15) is 5.54 Å². The van der Waals surface area contributed by atoms with Crippen LogP contribution in [-0.2, 0) is 17.8 Å². The summed E-state index contributed by atoms with van der Waals surface area (Å²) in [6.07, 6.45) is 2.53. The van der Waals surface area contributed by atoms with E-state index in [-0.39, 0.29) is 25.1 Å². The van der Waals surface area contributed by atoms with Crippen molar-refractivity contribution in [1.82, 2.24) is 19.7 Å². The minimum absolute atomic E-state index is 0.162. The third-order valence-electron chi connectivity index (χ3n) is 6.50. The average Bonchev–Trinajstić information content (AvgIpc) is 3.01. The van der Waals surface area contributed by atoms with Crippen molar-refractivity contribution in [2.24, 2.45) is 0 Å². The number of benzene rings is 1. The number of likely N-dealkylation sites (tertiary alicyclic amines) is 1. The molecule has 0 aliphatic carbocycles. The molecule has 2 fully saturated rings. The van der Waals surface area contributed by atoms with E-state index in [9.17, 15) is 14.7 Å². The Hall–Kier alpha value is -2.81. The number of hydrogen-bond acceptors (Lipinski definition) is 6. The van der Waals surface area contributed by atoms with Crippen molar-refractivity contribution in [3.05, 3.63) is 66.0 Å². The molecule has 170 valence electrons. The van der Waals surface area contributed by atoms with Gasteiger partial charge in [-0.2, -0.15) is 0 Å². The third kappa shape index (κ3) is 4.53. The van der Waals surface area contributed by atoms with Crippen LogP contribution in [0.4, 0.5) is 4.79 Å². The summed E-state index contributed by atoms with van der Waals surface area (Å²) in [5, 5.41) is 18.9. The number of pyridine rings is 1. The normalized spacial score (nSPS) is 19.7. The highest BCUT2D eigenvalue weighted by Gasteiger charge is 2.57. The molecule has 8 nitrogen and oxygen atoms in total. The van der Waals surface area contributed by atoms with Gasteiger partial charge in [0.2, 0.25) is 0 Å². The minimum Gasteiger partial charge on any atom is -0.394 e. The third-order valence-corrected chi connectivity index (χ3v) is 6.50. The van der Waals surface area contributed by atoms with Gasteiger partial charge in [0, 0.05) is 32.4 Å². The number of hydrogen-bond donors (Lipinski definition) is 2. The Kier molecular flexibility index (Phi) is 6.83. The van der Waals surface area contributed by atoms with E-state index in [4.69, 9.17) is 5.11 Å². The highest BCUT2D eigenvalue weighted by molar-refractivity contribution is 6.07. The predicted molar refractivity (Wildman–Crippen MR) is 119 cm³/mol. The van der Waals surface area contributed by atoms with Crippen molar-refractivity contribution < 1.29 is 19.8 Å². The fourth-order valence-corrected chi connectivity index (χ4v) is 4.72. The Balaban J connectivity index is 1.54. The Labute approximate surface area is 188 Å². The summed E-state index contributed by atoms with van der Waals surface area (Å²) >= 11 is 0. The van der Waals surface area contributed by atoms with Crippen LogP contribution in [0.3, 0.4) is 0 Å². The maximum absolute atomic E-state index is 13.6. The first-order valence-electron chi connectivity index (χ1n) is 11.1. The summed E-state index contributed by atoms with van der Waals surface area (Å²) in [5.41, 5.74) is 0.925. The number of β-amino-alcohol motifs (C(OH)–C–C–N with tert-alkyl or cyclic N) is 1. The molecule has 0 radical (unpaired) electrons. The SMILES string of the molecule is O=C1N(Cc2ccccn2)C(=O)C2(CCN(CC(O)CO)CC2)N1CCc1ccccc1. The lowest BCUT2D eigenvalue weighted by Gasteiger charge is -2.42. The Morgan fingerprint density at radius 3 is 2.41 bits per heavy atom. The maximum atomic E-state index is 13.6. The van der Waals surface area contributed by atoms with Gasteiger partial charge in [0.05, 0.1) is 24.9 Å². The van der Waals surface area contributed by atoms with Gasteiger partial charge >= 0.3 is 6.03 Å². The molecule has 3 amide bonds. The molecule has 2 aliphatic rings. The minimum atomic E-state index is -0.874. The first-order valence-corrected chi connectivity index (χ1v) is 11.1. The quantitative estimate of drug-likeness (QED) is 0.603. The predicted octanol–water partition coefficient (Wildman–Crippen LogP) is 1.28. The lowest BCUT2D eigenvalue weighted by molar-refractivity contribution is -0.136. The summed E-state index contributed by atoms with van der Waals surface area (Å²) in [6, 6.07) is 15.2. The number of piperidine rings is 1. The number of aliphatic hydroxyl groups is 2. The Morgan fingerprint density at radius 1 is 1.03 bits per heavy atom. The van der Waals surface area contributed by atoms with E-state index in [0.29, 0.717) is 51.1 Å². The highest BCUT2D eigenvalue weighted by Crippen LogP contribution is 2.38. The van der Waals surface area contributed by atoms with E-state index in [1.54, 1.807) is 17.2 Å². The molecule has 2 aromatic rings. The second-order valence-corrected chi connectivity index (χ2v) is 8.55. The molecule has 1 spiro atoms. The van der Waals surface area contributed by atoms with E-state index in [1.165, 1.54) is 4.90 Å². The van der Waals surface area contributed by atoms with Crippen LogP contribution < -0.4 is 0 Å². The van der Waals surface area contributed by atoms with Gasteiger partial charge in [-0.15, -0.1) is 0 Å². The second kappa shape index (κ2) is 9.77. The van der Waals surface area contributed by atoms with Gasteiger partial charge in [0.25, 0.3) is 5.91 Å². The van der Waals surface area contributed by atoms with E-state index >= 15 is 0 Å². The van der Waals surface area contributed by atoms with Gasteiger partial charge in [-0.05, 0) is 37.0 Å². The highest BCUT2D eigenvalue weighted by atomic mass is 16.3. The number of aliphatic hydroxyl groups excluding tert-OH is 2. The summed E-state index contributed by atoms with van der Waals surface area (Å²) < 4.78 is 0. The van der Waals surface area contributed by atoms with Crippen LogP contribution in [0.5, 0.6) is 0 Å². The number of aromatic nitrogens is 1. The fourth-order valence-electron chi connectivity index (χ4n) is 4.72. The molecule has 32 heavy (non-hydrogen) atoms. The molecule has 0 saturated carbocycles. The van der Waals surface area contributed by atoms with Gasteiger partial charge in [0.15, 0.2) is 0 Å². The molecule has 0 bridgehead atoms. The zero-order valence-corrected chi connectivity index (χ0v) is 18.1. The summed E-state index contributed by atoms with van der Waals surface area (Å²) in [7, 11) is 0. The summed E-state index contributed by atoms with van der Waals surface area (Å²) in [4.78, 5) is 36.5. The van der Waals surface area contributed by atoms with E-state index < -0.39 is 11.6 Å². The molecule has 2 saturated heterocycles. The topological polar surface area (TPSA) is 97.2 Å². The van der Waals surface area contributed by atoms with Crippen molar-refractivity contribution in [2.45, 2.75) is 37.5 Å². The molecular formula is C24H30N4O4. The largest absolute Gasteiger partial charge is 0.394 e. The number of amides is 3. The van der Waals surface area contributed by atoms with E-state index in [2.05, 4.69) is 4.98 Å². The molecule has 1 atom stereocenters. The Bertz CT molecular complexity index is 916. The lowest BCUT2D eigenvalue weighted by Crippen LogP contribution is -2.57. The molecule has 1 aromatic heterocycles. The number of carbonyl (C=O) groups excluding carboxylic acids is 2. The average molecular weight is 439 g/mol. The van der Waals surface area contributed by atoms with Crippen LogP contribution in [0.1, 0.15) is 24.1 Å². The number of urea groups is 1. The van der Waals surface area contributed by atoms with Crippen LogP contribution in [0, 0.1) is 0 Å². The number of nitrogens with zero attached hydrogens (tertiary/aromatic N) is 4. The number of rotatable bonds is 8. The van der Waals surface area contributed by atoms with E-state index in [1.807, 2.05) is 47.4 Å². The van der Waals surface area contributed by atoms with Gasteiger partial charge in [-0.3, -0.25) is 14.7 Å². The van der Waals surface area contributed by atoms with Crippen LogP contribution >= 0.6 is 0 Å². The number of carbonyl (C=O) groups is 2. The standard InChI is InChI=1S/C24H30N4O4/c29-18-21(30)17-26-14-10-24(11-15-26)22(31)27(16-20-8-4-5-12-25-20)23(32)28(24)13-9-19-6-2-1-3-7-19/h1-8,12,21,29-30H,9-11,13-18H2. The number of imide groups is 1. The second-order valence-electron chi connectivity index (χ2n) is 8.55. The molecule has 3 heterocycles. The summed E-state index contributed by atoms with van der Waals surface area (Å²) in [5.74, 6) is -0.163. The molecule has 8 heteroatoms. The van der Waals surface area contributed by atoms with Gasteiger partial charge < -0.3 is 20.0 Å². The zero-order chi connectivity index (χ0) is 22.6. The van der Waals surface area contributed by atoms with Crippen LogP contribution in [0.15, 0.2) is 54.7 Å². The van der Waals surface area contributed by atoms with Crippen molar-refractivity contribution in [3.8, 4) is 0 Å². The van der Waals surface area contributed by atoms with Crippen LogP contribution in [-0.4, -0.2) is 86.3 Å².